The van der Waals surface area contributed by atoms with Crippen LogP contribution >= 0.6 is 0 Å². The first-order valence-corrected chi connectivity index (χ1v) is 9.58. The van der Waals surface area contributed by atoms with Crippen LogP contribution in [0.15, 0.2) is 36.4 Å². The lowest BCUT2D eigenvalue weighted by atomic mass is 10.1. The molecule has 3 aliphatic rings. The molecule has 1 saturated heterocycles. The number of hydrogen-bond donors (Lipinski definition) is 2. The molecule has 2 N–H and O–H groups in total. The van der Waals surface area contributed by atoms with Crippen LogP contribution in [0.3, 0.4) is 0 Å². The third kappa shape index (κ3) is 2.89. The number of nitrogens with zero attached hydrogens (tertiary/aromatic N) is 2. The molecule has 5 rings (SSSR count). The molecule has 2 aromatic carbocycles. The van der Waals surface area contributed by atoms with Crippen molar-refractivity contribution >= 4 is 5.69 Å². The summed E-state index contributed by atoms with van der Waals surface area (Å²) in [5.41, 5.74) is 3.09. The number of hydrogen-bond acceptors (Lipinski definition) is 6. The molecule has 1 fully saturated rings. The summed E-state index contributed by atoms with van der Waals surface area (Å²) >= 11 is 0. The van der Waals surface area contributed by atoms with Gasteiger partial charge in [0.1, 0.15) is 19.0 Å². The van der Waals surface area contributed by atoms with Crippen molar-refractivity contribution in [1.29, 1.82) is 0 Å². The lowest BCUT2D eigenvalue weighted by molar-refractivity contribution is 0.0570. The molecule has 2 aliphatic heterocycles. The standard InChI is InChI=1S/C21H24N2O4/c24-15-5-4-14-12-18(20(25)16(14)13-15)23-8-6-22(7-9-23)17-2-1-3-19-21(17)27-11-10-26-19/h1-5,13,18,20,24-25H,6-12H2/t18-,20+/m1/s1. The van der Waals surface area contributed by atoms with Crippen LogP contribution in [-0.4, -0.2) is 60.5 Å². The molecule has 6 heteroatoms. The normalized spacial score (nSPS) is 24.7. The van der Waals surface area contributed by atoms with Gasteiger partial charge in [0.05, 0.1) is 11.8 Å². The van der Waals surface area contributed by atoms with Gasteiger partial charge in [-0.1, -0.05) is 12.1 Å². The largest absolute Gasteiger partial charge is 0.508 e. The van der Waals surface area contributed by atoms with Gasteiger partial charge in [0.25, 0.3) is 0 Å². The quantitative estimate of drug-likeness (QED) is 0.845. The number of anilines is 1. The van der Waals surface area contributed by atoms with Crippen LogP contribution in [0.5, 0.6) is 17.2 Å². The zero-order chi connectivity index (χ0) is 18.4. The summed E-state index contributed by atoms with van der Waals surface area (Å²) in [6.07, 6.45) is 0.286. The molecule has 142 valence electrons. The Morgan fingerprint density at radius 1 is 0.963 bits per heavy atom. The van der Waals surface area contributed by atoms with E-state index in [0.29, 0.717) is 13.2 Å². The molecule has 0 spiro atoms. The second-order valence-corrected chi connectivity index (χ2v) is 7.42. The third-order valence-electron chi connectivity index (χ3n) is 5.91. The fraction of sp³-hybridized carbons (Fsp3) is 0.429. The van der Waals surface area contributed by atoms with E-state index in [1.165, 1.54) is 0 Å². The summed E-state index contributed by atoms with van der Waals surface area (Å²) in [5.74, 6) is 1.89. The average molecular weight is 368 g/mol. The first kappa shape index (κ1) is 16.7. The maximum Gasteiger partial charge on any atom is 0.184 e. The molecule has 0 unspecified atom stereocenters. The van der Waals surface area contributed by atoms with Gasteiger partial charge in [-0.25, -0.2) is 0 Å². The predicted molar refractivity (Wildman–Crippen MR) is 102 cm³/mol. The van der Waals surface area contributed by atoms with Gasteiger partial charge in [-0.05, 0) is 41.8 Å². The number of para-hydroxylation sites is 1. The zero-order valence-electron chi connectivity index (χ0n) is 15.2. The third-order valence-corrected chi connectivity index (χ3v) is 5.91. The van der Waals surface area contributed by atoms with Crippen molar-refractivity contribution in [2.45, 2.75) is 18.6 Å². The number of aliphatic hydroxyl groups is 1. The zero-order valence-corrected chi connectivity index (χ0v) is 15.2. The molecule has 0 aromatic heterocycles. The maximum atomic E-state index is 10.8. The van der Waals surface area contributed by atoms with E-state index in [9.17, 15) is 10.2 Å². The number of piperazine rings is 1. The minimum absolute atomic E-state index is 0.0771. The van der Waals surface area contributed by atoms with Gasteiger partial charge in [-0.3, -0.25) is 4.90 Å². The van der Waals surface area contributed by atoms with Crippen molar-refractivity contribution in [3.63, 3.8) is 0 Å². The van der Waals surface area contributed by atoms with Gasteiger partial charge in [0.2, 0.25) is 0 Å². The van der Waals surface area contributed by atoms with Crippen molar-refractivity contribution in [3.05, 3.63) is 47.5 Å². The van der Waals surface area contributed by atoms with Crippen molar-refractivity contribution < 1.29 is 19.7 Å². The van der Waals surface area contributed by atoms with Gasteiger partial charge in [0, 0.05) is 32.2 Å². The number of rotatable bonds is 2. The summed E-state index contributed by atoms with van der Waals surface area (Å²) in [4.78, 5) is 4.70. The van der Waals surface area contributed by atoms with E-state index in [4.69, 9.17) is 9.47 Å². The molecule has 0 bridgehead atoms. The molecule has 27 heavy (non-hydrogen) atoms. The number of fused-ring (bicyclic) bond motifs is 2. The minimum Gasteiger partial charge on any atom is -0.508 e. The maximum absolute atomic E-state index is 10.8. The number of aromatic hydroxyl groups is 1. The monoisotopic (exact) mass is 368 g/mol. The van der Waals surface area contributed by atoms with Gasteiger partial charge in [-0.15, -0.1) is 0 Å². The molecular formula is C21H24N2O4. The van der Waals surface area contributed by atoms with Crippen LogP contribution in [0.25, 0.3) is 0 Å². The molecule has 2 atom stereocenters. The highest BCUT2D eigenvalue weighted by atomic mass is 16.6. The Balaban J connectivity index is 1.29. The van der Waals surface area contributed by atoms with E-state index in [0.717, 1.165) is 60.9 Å². The Labute approximate surface area is 158 Å². The molecule has 2 heterocycles. The molecule has 2 aromatic rings. The van der Waals surface area contributed by atoms with Gasteiger partial charge in [0.15, 0.2) is 11.5 Å². The Bertz CT molecular complexity index is 848. The minimum atomic E-state index is -0.542. The van der Waals surface area contributed by atoms with Crippen molar-refractivity contribution in [2.75, 3.05) is 44.3 Å². The second kappa shape index (κ2) is 6.62. The highest BCUT2D eigenvalue weighted by molar-refractivity contribution is 5.65. The molecule has 0 radical (unpaired) electrons. The Hall–Kier alpha value is -2.44. The number of phenols is 1. The molecule has 1 aliphatic carbocycles. The van der Waals surface area contributed by atoms with Crippen molar-refractivity contribution in [1.82, 2.24) is 4.90 Å². The van der Waals surface area contributed by atoms with Crippen LogP contribution in [0.4, 0.5) is 5.69 Å². The molecule has 0 amide bonds. The average Bonchev–Trinajstić information content (AvgIpc) is 3.04. The van der Waals surface area contributed by atoms with Gasteiger partial charge in [-0.2, -0.15) is 0 Å². The SMILES string of the molecule is Oc1ccc2c(c1)[C@H](O)[C@H](N1CCN(c3cccc4c3OCCO4)CC1)C2. The van der Waals surface area contributed by atoms with E-state index in [2.05, 4.69) is 15.9 Å². The van der Waals surface area contributed by atoms with Crippen LogP contribution in [0.2, 0.25) is 0 Å². The smallest absolute Gasteiger partial charge is 0.184 e. The number of ether oxygens (including phenoxy) is 2. The van der Waals surface area contributed by atoms with E-state index in [-0.39, 0.29) is 11.8 Å². The molecular weight excluding hydrogens is 344 g/mol. The fourth-order valence-electron chi connectivity index (χ4n) is 4.52. The van der Waals surface area contributed by atoms with Crippen molar-refractivity contribution in [3.8, 4) is 17.2 Å². The van der Waals surface area contributed by atoms with E-state index in [1.54, 1.807) is 12.1 Å². The Morgan fingerprint density at radius 3 is 2.63 bits per heavy atom. The number of phenolic OH excluding ortho intramolecular Hbond substituents is 1. The summed E-state index contributed by atoms with van der Waals surface area (Å²) in [5, 5.41) is 20.5. The predicted octanol–water partition coefficient (Wildman–Crippen LogP) is 1.94. The van der Waals surface area contributed by atoms with Crippen LogP contribution < -0.4 is 14.4 Å². The fourth-order valence-corrected chi connectivity index (χ4v) is 4.52. The summed E-state index contributed by atoms with van der Waals surface area (Å²) in [6, 6.07) is 11.5. The summed E-state index contributed by atoms with van der Waals surface area (Å²) in [6.45, 7) is 4.71. The highest BCUT2D eigenvalue weighted by Gasteiger charge is 2.37. The Kier molecular flexibility index (Phi) is 4.10. The first-order valence-electron chi connectivity index (χ1n) is 9.58. The summed E-state index contributed by atoms with van der Waals surface area (Å²) < 4.78 is 11.6. The lowest BCUT2D eigenvalue weighted by Gasteiger charge is -2.40. The van der Waals surface area contributed by atoms with E-state index >= 15 is 0 Å². The lowest BCUT2D eigenvalue weighted by Crippen LogP contribution is -2.51. The van der Waals surface area contributed by atoms with Crippen LogP contribution in [-0.2, 0) is 6.42 Å². The summed E-state index contributed by atoms with van der Waals surface area (Å²) in [7, 11) is 0. The van der Waals surface area contributed by atoms with E-state index in [1.807, 2.05) is 18.2 Å². The Morgan fingerprint density at radius 2 is 1.78 bits per heavy atom. The van der Waals surface area contributed by atoms with Crippen LogP contribution in [0, 0.1) is 0 Å². The van der Waals surface area contributed by atoms with Gasteiger partial charge < -0.3 is 24.6 Å². The molecule has 6 nitrogen and oxygen atoms in total. The topological polar surface area (TPSA) is 65.4 Å². The first-order chi connectivity index (χ1) is 13.2. The number of benzene rings is 2. The van der Waals surface area contributed by atoms with Crippen molar-refractivity contribution in [2.24, 2.45) is 0 Å². The van der Waals surface area contributed by atoms with Crippen LogP contribution in [0.1, 0.15) is 17.2 Å². The second-order valence-electron chi connectivity index (χ2n) is 7.42. The van der Waals surface area contributed by atoms with Gasteiger partial charge >= 0.3 is 0 Å². The highest BCUT2D eigenvalue weighted by Crippen LogP contribution is 2.41. The number of aliphatic hydroxyl groups excluding tert-OH is 1. The van der Waals surface area contributed by atoms with E-state index < -0.39 is 6.10 Å². The molecule has 0 saturated carbocycles.